The third-order valence-corrected chi connectivity index (χ3v) is 16.3. The molecule has 0 spiro atoms. The minimum atomic E-state index is -0.435. The van der Waals surface area contributed by atoms with Crippen LogP contribution in [0.25, 0.3) is 11.1 Å². The fourth-order valence-electron chi connectivity index (χ4n) is 11.8. The van der Waals surface area contributed by atoms with Crippen LogP contribution >= 0.6 is 23.2 Å². The Kier molecular flexibility index (Phi) is 19.4. The molecule has 0 radical (unpaired) electrons. The van der Waals surface area contributed by atoms with Crippen molar-refractivity contribution in [1.82, 2.24) is 30.6 Å². The van der Waals surface area contributed by atoms with Crippen LogP contribution in [-0.2, 0) is 22.3 Å². The number of hydrogen-bond donors (Lipinski definition) is 5. The zero-order valence-corrected chi connectivity index (χ0v) is 45.9. The molecule has 6 aromatic rings. The molecule has 20 heteroatoms. The summed E-state index contributed by atoms with van der Waals surface area (Å²) in [6.45, 7) is 4.94. The summed E-state index contributed by atoms with van der Waals surface area (Å²) in [5, 5.41) is 25.9. The van der Waals surface area contributed by atoms with Crippen LogP contribution in [0.3, 0.4) is 0 Å². The van der Waals surface area contributed by atoms with Gasteiger partial charge in [-0.25, -0.2) is 19.9 Å². The Morgan fingerprint density at radius 2 is 1.05 bits per heavy atom. The normalized spacial score (nSPS) is 20.0. The lowest BCUT2D eigenvalue weighted by Gasteiger charge is -2.32. The molecule has 4 atom stereocenters. The Morgan fingerprint density at radius 1 is 0.610 bits per heavy atom. The maximum absolute atomic E-state index is 13.4. The van der Waals surface area contributed by atoms with E-state index in [1.165, 1.54) is 28.8 Å². The number of fused-ring (bicyclic) bond motifs is 2. The quantitative estimate of drug-likeness (QED) is 0.0412. The van der Waals surface area contributed by atoms with Gasteiger partial charge >= 0.3 is 0 Å². The minimum Gasteiger partial charge on any atom is -0.399 e. The maximum atomic E-state index is 13.4. The monoisotopic (exact) mass is 1150 g/mol. The van der Waals surface area contributed by atoms with Crippen molar-refractivity contribution < 1.29 is 24.0 Å². The second kappa shape index (κ2) is 27.0. The molecule has 82 heavy (non-hydrogen) atoms. The largest absolute Gasteiger partial charge is 0.399 e. The molecule has 0 bridgehead atoms. The number of ether oxygens (including phenoxy) is 2. The lowest BCUT2D eigenvalue weighted by Crippen LogP contribution is -2.43. The van der Waals surface area contributed by atoms with Crippen LogP contribution in [0.5, 0.6) is 0 Å². The van der Waals surface area contributed by atoms with Gasteiger partial charge in [-0.3, -0.25) is 19.7 Å². The van der Waals surface area contributed by atoms with Crippen LogP contribution in [0.2, 0.25) is 10.0 Å². The number of carbonyl (C=O) groups is 2. The van der Waals surface area contributed by atoms with E-state index in [0.717, 1.165) is 99.0 Å². The Bertz CT molecular complexity index is 3350. The van der Waals surface area contributed by atoms with Gasteiger partial charge in [0, 0.05) is 79.3 Å². The molecule has 4 heterocycles. The highest BCUT2D eigenvalue weighted by atomic mass is 35.5. The molecule has 4 aromatic carbocycles. The molecular formula is C62H72Cl2N12O6. The van der Waals surface area contributed by atoms with Crippen molar-refractivity contribution >= 4 is 80.8 Å². The van der Waals surface area contributed by atoms with E-state index in [-0.39, 0.29) is 56.5 Å². The molecule has 2 saturated heterocycles. The summed E-state index contributed by atoms with van der Waals surface area (Å²) < 4.78 is 10.9. The van der Waals surface area contributed by atoms with Crippen LogP contribution in [0.4, 0.5) is 34.6 Å². The number of allylic oxidation sites excluding steroid dienone is 2. The second-order valence-electron chi connectivity index (χ2n) is 21.0. The molecule has 6 aliphatic rings. The van der Waals surface area contributed by atoms with E-state index in [9.17, 15) is 19.7 Å². The standard InChI is InChI=1S/C30H31ClN6O4.C30H33ClN6O2.2CH4/c31-26-18-32-30(35-28(26)24-10-8-19-4-1-2-7-23(19)24)34-21-6-3-5-20(16-21)33-29(38)25-11-9-22(37(39)40)17-27(25)36-12-14-41-15-13-36;31-26-18-33-30(36-28(26)24-10-8-19-4-1-2-7-23(19)24)35-22-6-3-5-21(17-22)34-29(38)25-11-9-20(32)16-27(25)37-12-14-39-15-13-37;;/h1-2,4,7,9-11,17-18,20-21H,3,5-6,8,12-16H2,(H,33,38)(H,32,34,35);1-2,4,7,9-11,16,18,21-22H,3,5-6,8,12-15,17,32H2,(H,34,38)(H,33,35,36);2*1H4/t20-,21+;21-,22+;;/m00../s1. The van der Waals surface area contributed by atoms with Crippen molar-refractivity contribution in [2.75, 3.05) is 78.8 Å². The third-order valence-electron chi connectivity index (χ3n) is 15.8. The number of nitrogens with one attached hydrogen (secondary N) is 4. The van der Waals surface area contributed by atoms with Gasteiger partial charge in [-0.1, -0.05) is 98.7 Å². The van der Waals surface area contributed by atoms with E-state index in [2.05, 4.69) is 78.6 Å². The van der Waals surface area contributed by atoms with Crippen LogP contribution in [0.15, 0.2) is 109 Å². The van der Waals surface area contributed by atoms with Gasteiger partial charge in [-0.15, -0.1) is 0 Å². The molecule has 0 unspecified atom stereocenters. The van der Waals surface area contributed by atoms with E-state index in [1.54, 1.807) is 24.5 Å². The summed E-state index contributed by atoms with van der Waals surface area (Å²) in [7, 11) is 0. The molecule has 12 rings (SSSR count). The molecule has 2 aromatic heterocycles. The minimum absolute atomic E-state index is 0. The van der Waals surface area contributed by atoms with Crippen molar-refractivity contribution in [3.8, 4) is 0 Å². The molecule has 18 nitrogen and oxygen atoms in total. The highest BCUT2D eigenvalue weighted by Gasteiger charge is 2.30. The number of morpholine rings is 2. The molecule has 2 saturated carbocycles. The smallest absolute Gasteiger partial charge is 0.271 e. The van der Waals surface area contributed by atoms with E-state index in [1.807, 2.05) is 35.2 Å². The molecule has 4 aliphatic carbocycles. The summed E-state index contributed by atoms with van der Waals surface area (Å²) >= 11 is 13.1. The van der Waals surface area contributed by atoms with Crippen molar-refractivity contribution in [3.05, 3.63) is 174 Å². The van der Waals surface area contributed by atoms with Gasteiger partial charge in [-0.05, 0) is 111 Å². The number of aromatic nitrogens is 4. The van der Waals surface area contributed by atoms with Gasteiger partial charge in [0.2, 0.25) is 11.9 Å². The van der Waals surface area contributed by atoms with E-state index < -0.39 is 4.92 Å². The topological polar surface area (TPSA) is 228 Å². The molecule has 4 fully saturated rings. The Morgan fingerprint density at radius 3 is 1.52 bits per heavy atom. The van der Waals surface area contributed by atoms with Crippen molar-refractivity contribution in [1.29, 1.82) is 0 Å². The van der Waals surface area contributed by atoms with E-state index in [0.29, 0.717) is 96.1 Å². The number of amides is 2. The first-order chi connectivity index (χ1) is 39.0. The number of carbonyl (C=O) groups excluding carboxylic acids is 2. The number of halogens is 2. The highest BCUT2D eigenvalue weighted by Crippen LogP contribution is 2.38. The lowest BCUT2D eigenvalue weighted by molar-refractivity contribution is -0.384. The fourth-order valence-corrected chi connectivity index (χ4v) is 12.1. The number of nitrogens with zero attached hydrogens (tertiary/aromatic N) is 7. The zero-order valence-electron chi connectivity index (χ0n) is 44.3. The number of anilines is 5. The maximum Gasteiger partial charge on any atom is 0.271 e. The first kappa shape index (κ1) is 59.0. The number of nitro groups is 1. The first-order valence-electron chi connectivity index (χ1n) is 27.6. The number of nitro benzene ring substituents is 1. The van der Waals surface area contributed by atoms with E-state index >= 15 is 0 Å². The van der Waals surface area contributed by atoms with Gasteiger partial charge in [0.05, 0.1) is 87.7 Å². The average Bonchev–Trinajstić information content (AvgIpc) is 4.23. The zero-order chi connectivity index (χ0) is 55.1. The molecule has 2 amide bonds. The second-order valence-corrected chi connectivity index (χ2v) is 21.8. The number of nitrogens with two attached hydrogens (primary N) is 1. The van der Waals surface area contributed by atoms with Crippen LogP contribution < -0.4 is 36.8 Å². The Labute approximate surface area is 489 Å². The number of benzene rings is 4. The predicted molar refractivity (Wildman–Crippen MR) is 326 cm³/mol. The summed E-state index contributed by atoms with van der Waals surface area (Å²) in [4.78, 5) is 60.5. The van der Waals surface area contributed by atoms with Gasteiger partial charge in [0.1, 0.15) is 0 Å². The Balaban J connectivity index is 0.000000193. The van der Waals surface area contributed by atoms with Crippen LogP contribution in [0.1, 0.15) is 121 Å². The van der Waals surface area contributed by atoms with Crippen molar-refractivity contribution in [2.45, 2.75) is 103 Å². The number of hydrogen-bond acceptors (Lipinski definition) is 15. The van der Waals surface area contributed by atoms with Gasteiger partial charge < -0.3 is 46.3 Å². The van der Waals surface area contributed by atoms with Crippen LogP contribution in [0, 0.1) is 10.1 Å². The SMILES string of the molecule is C.C.Nc1ccc(C(=O)N[C@H]2CCC[C@@H](Nc3ncc(Cl)c(C4=CCc5ccccc54)n3)C2)c(N2CCOCC2)c1.O=C(N[C@H]1CCC[C@@H](Nc2ncc(Cl)c(C3=CCc4ccccc43)n2)C1)c1ccc([N+](=O)[O-])cc1N1CCOCC1. The number of rotatable bonds is 13. The highest BCUT2D eigenvalue weighted by molar-refractivity contribution is 6.32. The van der Waals surface area contributed by atoms with Crippen molar-refractivity contribution in [2.24, 2.45) is 0 Å². The molecule has 6 N–H and O–H groups in total. The lowest BCUT2D eigenvalue weighted by atomic mass is 9.90. The number of nitrogen functional groups attached to an aromatic ring is 1. The van der Waals surface area contributed by atoms with Crippen molar-refractivity contribution in [3.63, 3.8) is 0 Å². The van der Waals surface area contributed by atoms with Crippen LogP contribution in [-0.4, -0.2) is 113 Å². The molecule has 430 valence electrons. The summed E-state index contributed by atoms with van der Waals surface area (Å²) in [6, 6.07) is 26.7. The van der Waals surface area contributed by atoms with Gasteiger partial charge in [-0.2, -0.15) is 0 Å². The Hall–Kier alpha value is -7.64. The summed E-state index contributed by atoms with van der Waals surface area (Å²) in [5.74, 6) is 0.768. The summed E-state index contributed by atoms with van der Waals surface area (Å²) in [5.41, 5.74) is 17.6. The third kappa shape index (κ3) is 13.6. The molecule has 2 aliphatic heterocycles. The summed E-state index contributed by atoms with van der Waals surface area (Å²) in [6.07, 6.45) is 16.5. The van der Waals surface area contributed by atoms with E-state index in [4.69, 9.17) is 48.4 Å². The number of non-ortho nitro benzene ring substituents is 1. The average molecular weight is 1150 g/mol. The van der Waals surface area contributed by atoms with Gasteiger partial charge in [0.25, 0.3) is 17.5 Å². The fraction of sp³-hybridized carbons (Fsp3) is 0.387. The predicted octanol–water partition coefficient (Wildman–Crippen LogP) is 11.0. The first-order valence-corrected chi connectivity index (χ1v) is 28.4. The molecular weight excluding hydrogens is 1080 g/mol. The van der Waals surface area contributed by atoms with Gasteiger partial charge in [0.15, 0.2) is 0 Å².